The minimum Gasteiger partial charge on any atom is -0.282 e. The van der Waals surface area contributed by atoms with Gasteiger partial charge in [0.05, 0.1) is 17.5 Å². The van der Waals surface area contributed by atoms with Crippen molar-refractivity contribution in [1.82, 2.24) is 0 Å². The van der Waals surface area contributed by atoms with E-state index in [2.05, 4.69) is 20.7 Å². The molecule has 0 aliphatic carbocycles. The summed E-state index contributed by atoms with van der Waals surface area (Å²) in [7, 11) is -3.34. The molecule has 0 heterocycles. The Morgan fingerprint density at radius 1 is 1.50 bits per heavy atom. The zero-order valence-electron chi connectivity index (χ0n) is 7.28. The molecule has 0 atom stereocenters. The van der Waals surface area contributed by atoms with Crippen LogP contribution in [-0.2, 0) is 10.0 Å². The molecule has 6 heteroatoms. The van der Waals surface area contributed by atoms with Gasteiger partial charge < -0.3 is 0 Å². The molecular formula is C8H7BrN2O2S. The highest BCUT2D eigenvalue weighted by molar-refractivity contribution is 9.10. The molecule has 4 nitrogen and oxygen atoms in total. The number of rotatable bonds is 2. The molecule has 0 bridgehead atoms. The Hall–Kier alpha value is -1.06. The van der Waals surface area contributed by atoms with Crippen molar-refractivity contribution in [3.05, 3.63) is 28.2 Å². The summed E-state index contributed by atoms with van der Waals surface area (Å²) in [6.45, 7) is 0. The molecular weight excluding hydrogens is 268 g/mol. The van der Waals surface area contributed by atoms with E-state index in [4.69, 9.17) is 5.26 Å². The zero-order valence-corrected chi connectivity index (χ0v) is 9.68. The molecule has 1 aromatic carbocycles. The quantitative estimate of drug-likeness (QED) is 0.892. The van der Waals surface area contributed by atoms with Crippen molar-refractivity contribution in [3.63, 3.8) is 0 Å². The number of anilines is 1. The fraction of sp³-hybridized carbons (Fsp3) is 0.125. The number of nitriles is 1. The molecule has 1 aromatic rings. The molecule has 0 aliphatic heterocycles. The Bertz CT molecular complexity index is 491. The first kappa shape index (κ1) is 11.0. The lowest BCUT2D eigenvalue weighted by atomic mass is 10.2. The van der Waals surface area contributed by atoms with E-state index < -0.39 is 10.0 Å². The van der Waals surface area contributed by atoms with E-state index in [1.54, 1.807) is 12.1 Å². The van der Waals surface area contributed by atoms with Gasteiger partial charge in [-0.05, 0) is 18.2 Å². The van der Waals surface area contributed by atoms with Gasteiger partial charge in [-0.15, -0.1) is 0 Å². The van der Waals surface area contributed by atoms with Gasteiger partial charge >= 0.3 is 0 Å². The number of sulfonamides is 1. The van der Waals surface area contributed by atoms with Crippen molar-refractivity contribution < 1.29 is 8.42 Å². The van der Waals surface area contributed by atoms with Crippen LogP contribution in [0.4, 0.5) is 5.69 Å². The second-order valence-corrected chi connectivity index (χ2v) is 5.34. The molecule has 0 saturated carbocycles. The maximum absolute atomic E-state index is 10.9. The van der Waals surface area contributed by atoms with E-state index in [9.17, 15) is 8.42 Å². The van der Waals surface area contributed by atoms with Gasteiger partial charge in [0.25, 0.3) is 0 Å². The third-order valence-corrected chi connectivity index (χ3v) is 2.48. The van der Waals surface area contributed by atoms with Crippen molar-refractivity contribution in [2.45, 2.75) is 0 Å². The van der Waals surface area contributed by atoms with Gasteiger partial charge in [-0.1, -0.05) is 15.9 Å². The summed E-state index contributed by atoms with van der Waals surface area (Å²) < 4.78 is 24.8. The van der Waals surface area contributed by atoms with Gasteiger partial charge in [-0.25, -0.2) is 8.42 Å². The van der Waals surface area contributed by atoms with Crippen LogP contribution in [0.3, 0.4) is 0 Å². The van der Waals surface area contributed by atoms with Crippen LogP contribution in [0.1, 0.15) is 5.56 Å². The van der Waals surface area contributed by atoms with Gasteiger partial charge in [0, 0.05) is 4.47 Å². The zero-order chi connectivity index (χ0) is 10.8. The van der Waals surface area contributed by atoms with Crippen LogP contribution in [0.2, 0.25) is 0 Å². The average Bonchev–Trinajstić information content (AvgIpc) is 2.06. The molecule has 0 radical (unpaired) electrons. The summed E-state index contributed by atoms with van der Waals surface area (Å²) in [4.78, 5) is 0. The van der Waals surface area contributed by atoms with Gasteiger partial charge in [-0.3, -0.25) is 4.72 Å². The third-order valence-electron chi connectivity index (χ3n) is 1.40. The summed E-state index contributed by atoms with van der Waals surface area (Å²) >= 11 is 3.19. The second kappa shape index (κ2) is 3.98. The number of hydrogen-bond acceptors (Lipinski definition) is 3. The second-order valence-electron chi connectivity index (χ2n) is 2.68. The molecule has 74 valence electrons. The lowest BCUT2D eigenvalue weighted by Gasteiger charge is -2.05. The van der Waals surface area contributed by atoms with Crippen LogP contribution < -0.4 is 4.72 Å². The van der Waals surface area contributed by atoms with Gasteiger partial charge in [-0.2, -0.15) is 5.26 Å². The highest BCUT2D eigenvalue weighted by Gasteiger charge is 2.07. The van der Waals surface area contributed by atoms with Crippen LogP contribution >= 0.6 is 15.9 Å². The number of benzene rings is 1. The Morgan fingerprint density at radius 3 is 2.64 bits per heavy atom. The van der Waals surface area contributed by atoms with E-state index in [-0.39, 0.29) is 5.56 Å². The number of nitrogens with zero attached hydrogens (tertiary/aromatic N) is 1. The molecule has 0 amide bonds. The first-order valence-corrected chi connectivity index (χ1v) is 6.28. The lowest BCUT2D eigenvalue weighted by Crippen LogP contribution is -2.10. The monoisotopic (exact) mass is 274 g/mol. The molecule has 1 N–H and O–H groups in total. The molecule has 0 fully saturated rings. The van der Waals surface area contributed by atoms with Crippen molar-refractivity contribution in [3.8, 4) is 6.07 Å². The lowest BCUT2D eigenvalue weighted by molar-refractivity contribution is 0.607. The summed E-state index contributed by atoms with van der Waals surface area (Å²) in [6.07, 6.45) is 1.04. The first-order chi connectivity index (χ1) is 6.42. The van der Waals surface area contributed by atoms with E-state index in [0.717, 1.165) is 10.7 Å². The molecule has 0 aromatic heterocycles. The van der Waals surface area contributed by atoms with Gasteiger partial charge in [0.2, 0.25) is 10.0 Å². The largest absolute Gasteiger partial charge is 0.282 e. The highest BCUT2D eigenvalue weighted by atomic mass is 79.9. The molecule has 0 unspecified atom stereocenters. The smallest absolute Gasteiger partial charge is 0.229 e. The summed E-state index contributed by atoms with van der Waals surface area (Å²) in [5.74, 6) is 0. The summed E-state index contributed by atoms with van der Waals surface area (Å²) in [6, 6.07) is 6.64. The Kier molecular flexibility index (Phi) is 3.13. The summed E-state index contributed by atoms with van der Waals surface area (Å²) in [5, 5.41) is 8.73. The standard InChI is InChI=1S/C8H7BrN2O2S/c1-14(12,13)11-8-3-2-7(9)4-6(8)5-10/h2-4,11H,1H3. The Morgan fingerprint density at radius 2 is 2.14 bits per heavy atom. The van der Waals surface area contributed by atoms with Crippen LogP contribution in [0.25, 0.3) is 0 Å². The predicted molar refractivity (Wildman–Crippen MR) is 57.3 cm³/mol. The maximum atomic E-state index is 10.9. The van der Waals surface area contributed by atoms with Crippen molar-refractivity contribution in [2.24, 2.45) is 0 Å². The third kappa shape index (κ3) is 3.01. The average molecular weight is 275 g/mol. The minimum absolute atomic E-state index is 0.282. The van der Waals surface area contributed by atoms with Crippen molar-refractivity contribution in [2.75, 3.05) is 11.0 Å². The topological polar surface area (TPSA) is 70.0 Å². The van der Waals surface area contributed by atoms with Crippen LogP contribution in [-0.4, -0.2) is 14.7 Å². The van der Waals surface area contributed by atoms with E-state index >= 15 is 0 Å². The van der Waals surface area contributed by atoms with E-state index in [0.29, 0.717) is 5.69 Å². The molecule has 0 saturated heterocycles. The highest BCUT2D eigenvalue weighted by Crippen LogP contribution is 2.20. The minimum atomic E-state index is -3.34. The fourth-order valence-electron chi connectivity index (χ4n) is 0.898. The van der Waals surface area contributed by atoms with Crippen LogP contribution in [0.15, 0.2) is 22.7 Å². The van der Waals surface area contributed by atoms with Crippen molar-refractivity contribution >= 4 is 31.6 Å². The fourth-order valence-corrected chi connectivity index (χ4v) is 1.84. The van der Waals surface area contributed by atoms with E-state index in [1.807, 2.05) is 6.07 Å². The van der Waals surface area contributed by atoms with Crippen molar-refractivity contribution in [1.29, 1.82) is 5.26 Å². The molecule has 1 rings (SSSR count). The Labute approximate surface area is 90.7 Å². The SMILES string of the molecule is CS(=O)(=O)Nc1ccc(Br)cc1C#N. The van der Waals surface area contributed by atoms with Gasteiger partial charge in [0.15, 0.2) is 0 Å². The molecule has 0 aliphatic rings. The number of halogens is 1. The van der Waals surface area contributed by atoms with Gasteiger partial charge in [0.1, 0.15) is 6.07 Å². The normalized spacial score (nSPS) is 10.6. The number of nitrogens with one attached hydrogen (secondary N) is 1. The van der Waals surface area contributed by atoms with E-state index in [1.165, 1.54) is 6.07 Å². The Balaban J connectivity index is 3.17. The first-order valence-electron chi connectivity index (χ1n) is 3.60. The maximum Gasteiger partial charge on any atom is 0.229 e. The van der Waals surface area contributed by atoms with Crippen LogP contribution in [0, 0.1) is 11.3 Å². The predicted octanol–water partition coefficient (Wildman–Crippen LogP) is 1.69. The molecule has 14 heavy (non-hydrogen) atoms. The number of hydrogen-bond donors (Lipinski definition) is 1. The molecule has 0 spiro atoms. The summed E-state index contributed by atoms with van der Waals surface area (Å²) in [5.41, 5.74) is 0.572. The van der Waals surface area contributed by atoms with Crippen LogP contribution in [0.5, 0.6) is 0 Å².